The monoisotopic (exact) mass is 318 g/mol. The Bertz CT molecular complexity index is 649. The number of rotatable bonds is 8. The Hall–Kier alpha value is -2.54. The van der Waals surface area contributed by atoms with Crippen LogP contribution in [0.5, 0.6) is 11.5 Å². The number of aryl methyl sites for hydroxylation is 1. The SMILES string of the molecule is COCCNc1cc(C)nc(Nc2cc(OC)ccc2OC)n1. The third-order valence-corrected chi connectivity index (χ3v) is 3.12. The molecule has 0 aliphatic heterocycles. The van der Waals surface area contributed by atoms with Gasteiger partial charge in [0.25, 0.3) is 0 Å². The number of benzene rings is 1. The van der Waals surface area contributed by atoms with Crippen LogP contribution in [0.25, 0.3) is 0 Å². The third kappa shape index (κ3) is 4.72. The molecule has 7 heteroatoms. The number of nitrogens with zero attached hydrogens (tertiary/aromatic N) is 2. The summed E-state index contributed by atoms with van der Waals surface area (Å²) in [5.74, 6) is 2.62. The molecule has 0 spiro atoms. The van der Waals surface area contributed by atoms with Gasteiger partial charge in [0.05, 0.1) is 26.5 Å². The number of anilines is 3. The van der Waals surface area contributed by atoms with E-state index in [-0.39, 0.29) is 0 Å². The molecular weight excluding hydrogens is 296 g/mol. The molecule has 0 amide bonds. The molecule has 1 aromatic heterocycles. The van der Waals surface area contributed by atoms with Gasteiger partial charge >= 0.3 is 0 Å². The highest BCUT2D eigenvalue weighted by atomic mass is 16.5. The second-order valence-corrected chi connectivity index (χ2v) is 4.83. The minimum atomic E-state index is 0.483. The Morgan fingerprint density at radius 1 is 1.04 bits per heavy atom. The first-order valence-corrected chi connectivity index (χ1v) is 7.24. The zero-order chi connectivity index (χ0) is 16.7. The van der Waals surface area contributed by atoms with E-state index >= 15 is 0 Å². The van der Waals surface area contributed by atoms with Gasteiger partial charge in [0.1, 0.15) is 17.3 Å². The van der Waals surface area contributed by atoms with Gasteiger partial charge in [-0.05, 0) is 19.1 Å². The molecule has 2 aromatic rings. The van der Waals surface area contributed by atoms with Crippen molar-refractivity contribution >= 4 is 17.5 Å². The smallest absolute Gasteiger partial charge is 0.229 e. The molecule has 2 N–H and O–H groups in total. The molecule has 1 aromatic carbocycles. The number of aromatic nitrogens is 2. The van der Waals surface area contributed by atoms with Crippen LogP contribution >= 0.6 is 0 Å². The van der Waals surface area contributed by atoms with Crippen molar-refractivity contribution in [1.29, 1.82) is 0 Å². The number of hydrogen-bond donors (Lipinski definition) is 2. The van der Waals surface area contributed by atoms with Gasteiger partial charge < -0.3 is 24.8 Å². The van der Waals surface area contributed by atoms with Gasteiger partial charge in [-0.3, -0.25) is 0 Å². The zero-order valence-corrected chi connectivity index (χ0v) is 13.8. The Morgan fingerprint density at radius 3 is 2.57 bits per heavy atom. The van der Waals surface area contributed by atoms with Crippen molar-refractivity contribution in [3.05, 3.63) is 30.0 Å². The van der Waals surface area contributed by atoms with E-state index in [4.69, 9.17) is 14.2 Å². The van der Waals surface area contributed by atoms with Crippen LogP contribution in [0, 0.1) is 6.92 Å². The van der Waals surface area contributed by atoms with Crippen molar-refractivity contribution < 1.29 is 14.2 Å². The van der Waals surface area contributed by atoms with Crippen molar-refractivity contribution in [2.75, 3.05) is 45.1 Å². The van der Waals surface area contributed by atoms with E-state index in [1.807, 2.05) is 31.2 Å². The Morgan fingerprint density at radius 2 is 1.87 bits per heavy atom. The summed E-state index contributed by atoms with van der Waals surface area (Å²) < 4.78 is 15.6. The molecule has 0 saturated heterocycles. The molecule has 0 aliphatic carbocycles. The van der Waals surface area contributed by atoms with E-state index < -0.39 is 0 Å². The first-order valence-electron chi connectivity index (χ1n) is 7.24. The summed E-state index contributed by atoms with van der Waals surface area (Å²) in [6, 6.07) is 7.37. The van der Waals surface area contributed by atoms with Crippen LogP contribution in [-0.4, -0.2) is 44.4 Å². The van der Waals surface area contributed by atoms with Gasteiger partial charge in [-0.2, -0.15) is 4.98 Å². The number of hydrogen-bond acceptors (Lipinski definition) is 7. The molecule has 7 nitrogen and oxygen atoms in total. The van der Waals surface area contributed by atoms with Crippen molar-refractivity contribution in [3.63, 3.8) is 0 Å². The molecular formula is C16H22N4O3. The molecule has 0 atom stereocenters. The Kier molecular flexibility index (Phi) is 5.99. The third-order valence-electron chi connectivity index (χ3n) is 3.12. The van der Waals surface area contributed by atoms with Crippen LogP contribution in [0.2, 0.25) is 0 Å². The minimum absolute atomic E-state index is 0.483. The standard InChI is InChI=1S/C16H22N4O3/c1-11-9-15(17-7-8-21-2)20-16(18-11)19-13-10-12(22-3)5-6-14(13)23-4/h5-6,9-10H,7-8H2,1-4H3,(H2,17,18,19,20). The normalized spacial score (nSPS) is 10.3. The summed E-state index contributed by atoms with van der Waals surface area (Å²) in [6.07, 6.45) is 0. The molecule has 23 heavy (non-hydrogen) atoms. The predicted octanol–water partition coefficient (Wildman–Crippen LogP) is 2.60. The largest absolute Gasteiger partial charge is 0.497 e. The average Bonchev–Trinajstić information content (AvgIpc) is 2.54. The average molecular weight is 318 g/mol. The summed E-state index contributed by atoms with van der Waals surface area (Å²) in [4.78, 5) is 8.84. The van der Waals surface area contributed by atoms with E-state index in [1.54, 1.807) is 21.3 Å². The maximum absolute atomic E-state index is 5.35. The lowest BCUT2D eigenvalue weighted by Crippen LogP contribution is -2.10. The van der Waals surface area contributed by atoms with Gasteiger partial charge in [-0.25, -0.2) is 4.98 Å². The van der Waals surface area contributed by atoms with Gasteiger partial charge in [0.2, 0.25) is 5.95 Å². The maximum Gasteiger partial charge on any atom is 0.229 e. The molecule has 2 rings (SSSR count). The van der Waals surface area contributed by atoms with Gasteiger partial charge in [0, 0.05) is 31.5 Å². The molecule has 0 saturated carbocycles. The van der Waals surface area contributed by atoms with Crippen LogP contribution in [-0.2, 0) is 4.74 Å². The van der Waals surface area contributed by atoms with Crippen LogP contribution < -0.4 is 20.1 Å². The summed E-state index contributed by atoms with van der Waals surface area (Å²) in [5, 5.41) is 6.36. The summed E-state index contributed by atoms with van der Waals surface area (Å²) >= 11 is 0. The Labute approximate surface area is 136 Å². The maximum atomic E-state index is 5.35. The molecule has 1 heterocycles. The highest BCUT2D eigenvalue weighted by Crippen LogP contribution is 2.30. The van der Waals surface area contributed by atoms with Gasteiger partial charge in [0.15, 0.2) is 0 Å². The highest BCUT2D eigenvalue weighted by molar-refractivity contribution is 5.65. The van der Waals surface area contributed by atoms with Crippen molar-refractivity contribution in [3.8, 4) is 11.5 Å². The number of nitrogens with one attached hydrogen (secondary N) is 2. The fourth-order valence-electron chi connectivity index (χ4n) is 2.03. The minimum Gasteiger partial charge on any atom is -0.497 e. The van der Waals surface area contributed by atoms with Crippen LogP contribution in [0.1, 0.15) is 5.69 Å². The van der Waals surface area contributed by atoms with E-state index in [2.05, 4.69) is 20.6 Å². The van der Waals surface area contributed by atoms with Gasteiger partial charge in [-0.1, -0.05) is 0 Å². The van der Waals surface area contributed by atoms with Crippen LogP contribution in [0.4, 0.5) is 17.5 Å². The summed E-state index contributed by atoms with van der Waals surface area (Å²) in [7, 11) is 4.89. The molecule has 124 valence electrons. The second kappa shape index (κ2) is 8.19. The lowest BCUT2D eigenvalue weighted by molar-refractivity contribution is 0.210. The van der Waals surface area contributed by atoms with E-state index in [1.165, 1.54) is 0 Å². The summed E-state index contributed by atoms with van der Waals surface area (Å²) in [5.41, 5.74) is 1.59. The van der Waals surface area contributed by atoms with Gasteiger partial charge in [-0.15, -0.1) is 0 Å². The quantitative estimate of drug-likeness (QED) is 0.724. The van der Waals surface area contributed by atoms with Crippen LogP contribution in [0.3, 0.4) is 0 Å². The van der Waals surface area contributed by atoms with E-state index in [0.717, 1.165) is 22.9 Å². The molecule has 0 bridgehead atoms. The van der Waals surface area contributed by atoms with Crippen molar-refractivity contribution in [2.24, 2.45) is 0 Å². The van der Waals surface area contributed by atoms with E-state index in [9.17, 15) is 0 Å². The molecule has 0 fully saturated rings. The van der Waals surface area contributed by atoms with Crippen molar-refractivity contribution in [1.82, 2.24) is 9.97 Å². The fourth-order valence-corrected chi connectivity index (χ4v) is 2.03. The highest BCUT2D eigenvalue weighted by Gasteiger charge is 2.08. The lowest BCUT2D eigenvalue weighted by Gasteiger charge is -2.13. The lowest BCUT2D eigenvalue weighted by atomic mass is 10.2. The van der Waals surface area contributed by atoms with Crippen LogP contribution in [0.15, 0.2) is 24.3 Å². The number of methoxy groups -OCH3 is 3. The first-order chi connectivity index (χ1) is 11.2. The first kappa shape index (κ1) is 16.8. The number of ether oxygens (including phenoxy) is 3. The van der Waals surface area contributed by atoms with E-state index in [0.29, 0.717) is 24.8 Å². The zero-order valence-electron chi connectivity index (χ0n) is 13.8. The predicted molar refractivity (Wildman–Crippen MR) is 90.0 cm³/mol. The van der Waals surface area contributed by atoms with Crippen molar-refractivity contribution in [2.45, 2.75) is 6.92 Å². The summed E-state index contributed by atoms with van der Waals surface area (Å²) in [6.45, 7) is 3.20. The Balaban J connectivity index is 2.22. The molecule has 0 aliphatic rings. The fraction of sp³-hybridized carbons (Fsp3) is 0.375. The second-order valence-electron chi connectivity index (χ2n) is 4.83. The molecule has 0 radical (unpaired) electrons. The molecule has 0 unspecified atom stereocenters. The topological polar surface area (TPSA) is 77.5 Å².